The van der Waals surface area contributed by atoms with E-state index in [0.717, 1.165) is 6.07 Å². The minimum atomic E-state index is -0.601. The van der Waals surface area contributed by atoms with Crippen molar-refractivity contribution in [2.75, 3.05) is 19.5 Å². The first-order valence-corrected chi connectivity index (χ1v) is 5.42. The molecule has 0 spiro atoms. The van der Waals surface area contributed by atoms with Gasteiger partial charge in [0.05, 0.1) is 12.8 Å². The molecule has 0 unspecified atom stereocenters. The molecule has 0 aliphatic rings. The summed E-state index contributed by atoms with van der Waals surface area (Å²) >= 11 is 0. The third kappa shape index (κ3) is 3.19. The van der Waals surface area contributed by atoms with Gasteiger partial charge in [0.15, 0.2) is 17.4 Å². The number of halogens is 2. The minimum Gasteiger partial charge on any atom is -0.494 e. The van der Waals surface area contributed by atoms with Gasteiger partial charge in [0.1, 0.15) is 0 Å². The van der Waals surface area contributed by atoms with E-state index in [-0.39, 0.29) is 17.0 Å². The summed E-state index contributed by atoms with van der Waals surface area (Å²) in [6.45, 7) is 9.22. The predicted octanol–water partition coefficient (Wildman–Crippen LogP) is 4.07. The molecule has 0 saturated carbocycles. The standard InChI is InChI=1S/C11H13F2NO.C2H6/c1-6(2)9-10(13)8(15-4)5-7(12)11(9)14-3;1-2/h5,14H,1H2,2-4H3;1-2H3. The second-order valence-corrected chi connectivity index (χ2v) is 3.15. The topological polar surface area (TPSA) is 21.3 Å². The molecule has 0 aliphatic heterocycles. The Bertz CT molecular complexity index is 403. The van der Waals surface area contributed by atoms with Gasteiger partial charge in [-0.15, -0.1) is 0 Å². The third-order valence-electron chi connectivity index (χ3n) is 2.08. The molecule has 0 saturated heterocycles. The molecule has 1 aromatic carbocycles. The van der Waals surface area contributed by atoms with E-state index in [2.05, 4.69) is 11.9 Å². The smallest absolute Gasteiger partial charge is 0.174 e. The summed E-state index contributed by atoms with van der Waals surface area (Å²) < 4.78 is 32.0. The van der Waals surface area contributed by atoms with E-state index in [1.54, 1.807) is 6.92 Å². The largest absolute Gasteiger partial charge is 0.494 e. The van der Waals surface area contributed by atoms with Crippen molar-refractivity contribution in [2.45, 2.75) is 20.8 Å². The molecule has 0 radical (unpaired) electrons. The van der Waals surface area contributed by atoms with Crippen LogP contribution in [-0.2, 0) is 0 Å². The van der Waals surface area contributed by atoms with Crippen molar-refractivity contribution in [3.63, 3.8) is 0 Å². The Labute approximate surface area is 101 Å². The molecule has 0 fully saturated rings. The Morgan fingerprint density at radius 1 is 1.35 bits per heavy atom. The summed E-state index contributed by atoms with van der Waals surface area (Å²) in [6, 6.07) is 1.01. The van der Waals surface area contributed by atoms with Crippen molar-refractivity contribution < 1.29 is 13.5 Å². The Balaban J connectivity index is 0.00000121. The fourth-order valence-corrected chi connectivity index (χ4v) is 1.40. The van der Waals surface area contributed by atoms with Crippen molar-refractivity contribution in [3.8, 4) is 5.75 Å². The van der Waals surface area contributed by atoms with Crippen molar-refractivity contribution in [3.05, 3.63) is 29.8 Å². The van der Waals surface area contributed by atoms with Gasteiger partial charge in [0.25, 0.3) is 0 Å². The van der Waals surface area contributed by atoms with Crippen LogP contribution in [0.15, 0.2) is 12.6 Å². The van der Waals surface area contributed by atoms with Crippen molar-refractivity contribution in [2.24, 2.45) is 0 Å². The van der Waals surface area contributed by atoms with Crippen LogP contribution < -0.4 is 10.1 Å². The maximum atomic E-state index is 13.8. The van der Waals surface area contributed by atoms with Crippen molar-refractivity contribution >= 4 is 11.3 Å². The fraction of sp³-hybridized carbons (Fsp3) is 0.385. The Hall–Kier alpha value is -1.58. The molecule has 1 aromatic rings. The molecule has 4 heteroatoms. The number of nitrogens with one attached hydrogen (secondary N) is 1. The maximum absolute atomic E-state index is 13.8. The van der Waals surface area contributed by atoms with Crippen LogP contribution >= 0.6 is 0 Å². The highest BCUT2D eigenvalue weighted by atomic mass is 19.1. The zero-order valence-electron chi connectivity index (χ0n) is 10.9. The van der Waals surface area contributed by atoms with E-state index < -0.39 is 11.6 Å². The molecule has 0 bridgehead atoms. The predicted molar refractivity (Wildman–Crippen MR) is 68.5 cm³/mol. The van der Waals surface area contributed by atoms with Crippen LogP contribution in [0.5, 0.6) is 5.75 Å². The highest BCUT2D eigenvalue weighted by Gasteiger charge is 2.18. The number of ether oxygens (including phenoxy) is 1. The van der Waals surface area contributed by atoms with Gasteiger partial charge in [-0.1, -0.05) is 20.4 Å². The molecule has 0 amide bonds. The van der Waals surface area contributed by atoms with Crippen LogP contribution in [0.4, 0.5) is 14.5 Å². The van der Waals surface area contributed by atoms with Gasteiger partial charge >= 0.3 is 0 Å². The molecule has 0 atom stereocenters. The summed E-state index contributed by atoms with van der Waals surface area (Å²) in [5, 5.41) is 2.61. The molecule has 0 heterocycles. The van der Waals surface area contributed by atoms with Gasteiger partial charge in [-0.2, -0.15) is 0 Å². The monoisotopic (exact) mass is 243 g/mol. The van der Waals surface area contributed by atoms with E-state index in [4.69, 9.17) is 4.74 Å². The molecular weight excluding hydrogens is 224 g/mol. The summed E-state index contributed by atoms with van der Waals surface area (Å²) in [4.78, 5) is 0. The number of rotatable bonds is 3. The van der Waals surface area contributed by atoms with Gasteiger partial charge in [0, 0.05) is 18.7 Å². The van der Waals surface area contributed by atoms with Crippen LogP contribution in [0.3, 0.4) is 0 Å². The lowest BCUT2D eigenvalue weighted by molar-refractivity contribution is 0.382. The number of allylic oxidation sites excluding steroid dienone is 1. The second-order valence-electron chi connectivity index (χ2n) is 3.15. The molecule has 2 nitrogen and oxygen atoms in total. The normalized spacial score (nSPS) is 9.12. The minimum absolute atomic E-state index is 0.0980. The van der Waals surface area contributed by atoms with E-state index in [0.29, 0.717) is 5.57 Å². The number of hydrogen-bond acceptors (Lipinski definition) is 2. The van der Waals surface area contributed by atoms with Crippen LogP contribution in [-0.4, -0.2) is 14.2 Å². The summed E-state index contributed by atoms with van der Waals surface area (Å²) in [6.07, 6.45) is 0. The Morgan fingerprint density at radius 2 is 1.88 bits per heavy atom. The van der Waals surface area contributed by atoms with Gasteiger partial charge < -0.3 is 10.1 Å². The van der Waals surface area contributed by atoms with Gasteiger partial charge in [-0.3, -0.25) is 0 Å². The highest BCUT2D eigenvalue weighted by Crippen LogP contribution is 2.34. The first-order chi connectivity index (χ1) is 8.02. The molecule has 17 heavy (non-hydrogen) atoms. The zero-order valence-corrected chi connectivity index (χ0v) is 10.9. The molecule has 0 aliphatic carbocycles. The van der Waals surface area contributed by atoms with Crippen LogP contribution in [0.2, 0.25) is 0 Å². The molecule has 0 aromatic heterocycles. The zero-order chi connectivity index (χ0) is 13.6. The van der Waals surface area contributed by atoms with Crippen LogP contribution in [0.1, 0.15) is 26.3 Å². The number of methoxy groups -OCH3 is 1. The quantitative estimate of drug-likeness (QED) is 0.863. The molecule has 96 valence electrons. The number of anilines is 1. The van der Waals surface area contributed by atoms with Gasteiger partial charge in [0.2, 0.25) is 0 Å². The lowest BCUT2D eigenvalue weighted by Gasteiger charge is -2.13. The third-order valence-corrected chi connectivity index (χ3v) is 2.08. The summed E-state index contributed by atoms with van der Waals surface area (Å²) in [7, 11) is 2.82. The first kappa shape index (κ1) is 15.4. The van der Waals surface area contributed by atoms with E-state index in [9.17, 15) is 8.78 Å². The average molecular weight is 243 g/mol. The van der Waals surface area contributed by atoms with Crippen LogP contribution in [0, 0.1) is 11.6 Å². The second kappa shape index (κ2) is 6.89. The Morgan fingerprint density at radius 3 is 2.24 bits per heavy atom. The maximum Gasteiger partial charge on any atom is 0.174 e. The lowest BCUT2D eigenvalue weighted by Crippen LogP contribution is -2.03. The van der Waals surface area contributed by atoms with E-state index >= 15 is 0 Å². The molecule has 1 N–H and O–H groups in total. The number of benzene rings is 1. The average Bonchev–Trinajstić information content (AvgIpc) is 2.33. The Kier molecular flexibility index (Phi) is 6.25. The summed E-state index contributed by atoms with van der Waals surface area (Å²) in [5.41, 5.74) is 0.657. The number of hydrogen-bond donors (Lipinski definition) is 1. The van der Waals surface area contributed by atoms with Gasteiger partial charge in [-0.05, 0) is 12.5 Å². The van der Waals surface area contributed by atoms with Gasteiger partial charge in [-0.25, -0.2) is 8.78 Å². The SMILES string of the molecule is C=C(C)c1c(F)c(OC)cc(F)c1NC.CC. The first-order valence-electron chi connectivity index (χ1n) is 5.42. The molecular formula is C13H19F2NO. The van der Waals surface area contributed by atoms with Crippen molar-refractivity contribution in [1.29, 1.82) is 0 Å². The van der Waals surface area contributed by atoms with E-state index in [1.165, 1.54) is 14.2 Å². The summed E-state index contributed by atoms with van der Waals surface area (Å²) in [5.74, 6) is -1.28. The van der Waals surface area contributed by atoms with Crippen LogP contribution in [0.25, 0.3) is 5.57 Å². The molecule has 1 rings (SSSR count). The highest BCUT2D eigenvalue weighted by molar-refractivity contribution is 5.76. The van der Waals surface area contributed by atoms with Crippen molar-refractivity contribution in [1.82, 2.24) is 0 Å². The fourth-order valence-electron chi connectivity index (χ4n) is 1.40. The lowest BCUT2D eigenvalue weighted by atomic mass is 10.0. The van der Waals surface area contributed by atoms with E-state index in [1.807, 2.05) is 13.8 Å².